The maximum absolute atomic E-state index is 12.2. The molecule has 3 aromatic rings. The molecule has 0 aliphatic heterocycles. The number of rotatable bonds is 4. The van der Waals surface area contributed by atoms with Crippen LogP contribution in [0.15, 0.2) is 77.7 Å². The monoisotopic (exact) mass is 336 g/mol. The number of carbonyl (C=O) groups excluding carboxylic acids is 1. The molecule has 0 bridgehead atoms. The number of hydrogen-bond acceptors (Lipinski definition) is 3. The lowest BCUT2D eigenvalue weighted by Crippen LogP contribution is -1.99. The van der Waals surface area contributed by atoms with E-state index in [4.69, 9.17) is 0 Å². The molecule has 0 spiro atoms. The van der Waals surface area contributed by atoms with Crippen LogP contribution in [0, 0.1) is 0 Å². The van der Waals surface area contributed by atoms with E-state index in [-0.39, 0.29) is 10.7 Å². The first-order valence-electron chi connectivity index (χ1n) is 7.45. The Morgan fingerprint density at radius 1 is 0.875 bits per heavy atom. The molecule has 0 amide bonds. The van der Waals surface area contributed by atoms with Crippen molar-refractivity contribution in [3.05, 3.63) is 83.9 Å². The van der Waals surface area contributed by atoms with E-state index in [0.717, 1.165) is 22.6 Å². The predicted octanol–water partition coefficient (Wildman–Crippen LogP) is 4.14. The maximum Gasteiger partial charge on any atom is 0.185 e. The van der Waals surface area contributed by atoms with E-state index >= 15 is 0 Å². The molecule has 3 nitrogen and oxygen atoms in total. The van der Waals surface area contributed by atoms with Crippen LogP contribution in [0.3, 0.4) is 0 Å². The molecule has 3 rings (SSSR count). The molecule has 0 heterocycles. The maximum atomic E-state index is 12.2. The Hall–Kier alpha value is -2.72. The van der Waals surface area contributed by atoms with Gasteiger partial charge in [0.1, 0.15) is 0 Å². The van der Waals surface area contributed by atoms with Crippen molar-refractivity contribution in [2.24, 2.45) is 0 Å². The summed E-state index contributed by atoms with van der Waals surface area (Å²) in [5.74, 6) is -0.164. The van der Waals surface area contributed by atoms with Gasteiger partial charge in [-0.15, -0.1) is 0 Å². The first-order chi connectivity index (χ1) is 11.4. The highest BCUT2D eigenvalue weighted by Crippen LogP contribution is 2.17. The normalized spacial score (nSPS) is 11.9. The molecule has 0 fully saturated rings. The van der Waals surface area contributed by atoms with Gasteiger partial charge < -0.3 is 0 Å². The summed E-state index contributed by atoms with van der Waals surface area (Å²) in [6, 6.07) is 20.0. The molecule has 0 N–H and O–H groups in total. The second-order valence-electron chi connectivity index (χ2n) is 5.60. The first-order valence-corrected chi connectivity index (χ1v) is 9.34. The van der Waals surface area contributed by atoms with Crippen molar-refractivity contribution in [3.63, 3.8) is 0 Å². The standard InChI is InChI=1S/C20H16O3S/c1-24(22,23)19-11-9-17(10-12-19)20(21)13-7-15-6-8-16-4-2-3-5-18(16)14-15/h2-14H,1H3/b13-7+. The molecule has 4 heteroatoms. The fourth-order valence-electron chi connectivity index (χ4n) is 2.45. The van der Waals surface area contributed by atoms with Crippen molar-refractivity contribution in [1.82, 2.24) is 0 Å². The largest absolute Gasteiger partial charge is 0.289 e. The van der Waals surface area contributed by atoms with Crippen LogP contribution in [0.1, 0.15) is 15.9 Å². The minimum Gasteiger partial charge on any atom is -0.289 e. The second-order valence-corrected chi connectivity index (χ2v) is 7.62. The van der Waals surface area contributed by atoms with Crippen molar-refractivity contribution in [2.75, 3.05) is 6.26 Å². The highest BCUT2D eigenvalue weighted by atomic mass is 32.2. The van der Waals surface area contributed by atoms with Gasteiger partial charge in [0.2, 0.25) is 0 Å². The lowest BCUT2D eigenvalue weighted by Gasteiger charge is -2.01. The lowest BCUT2D eigenvalue weighted by molar-refractivity contribution is 0.104. The molecule has 120 valence electrons. The zero-order chi connectivity index (χ0) is 17.2. The van der Waals surface area contributed by atoms with Crippen molar-refractivity contribution in [1.29, 1.82) is 0 Å². The summed E-state index contributed by atoms with van der Waals surface area (Å²) in [5.41, 5.74) is 1.40. The molecule has 0 aliphatic carbocycles. The number of carbonyl (C=O) groups is 1. The number of fused-ring (bicyclic) bond motifs is 1. The Morgan fingerprint density at radius 2 is 1.54 bits per heavy atom. The zero-order valence-corrected chi connectivity index (χ0v) is 14.0. The zero-order valence-electron chi connectivity index (χ0n) is 13.1. The molecular formula is C20H16O3S. The Bertz CT molecular complexity index is 1030. The summed E-state index contributed by atoms with van der Waals surface area (Å²) in [4.78, 5) is 12.4. The Morgan fingerprint density at radius 3 is 2.21 bits per heavy atom. The van der Waals surface area contributed by atoms with Gasteiger partial charge in [0.15, 0.2) is 15.6 Å². The van der Waals surface area contributed by atoms with Crippen molar-refractivity contribution in [3.8, 4) is 0 Å². The third kappa shape index (κ3) is 3.60. The van der Waals surface area contributed by atoms with Crippen LogP contribution < -0.4 is 0 Å². The predicted molar refractivity (Wildman–Crippen MR) is 96.9 cm³/mol. The number of benzene rings is 3. The average Bonchev–Trinajstić information content (AvgIpc) is 2.59. The van der Waals surface area contributed by atoms with E-state index in [1.54, 1.807) is 6.08 Å². The minimum absolute atomic E-state index is 0.164. The number of ketones is 1. The SMILES string of the molecule is CS(=O)(=O)c1ccc(C(=O)/C=C/c2ccc3ccccc3c2)cc1. The molecule has 24 heavy (non-hydrogen) atoms. The van der Waals surface area contributed by atoms with Gasteiger partial charge in [0.25, 0.3) is 0 Å². The van der Waals surface area contributed by atoms with Gasteiger partial charge >= 0.3 is 0 Å². The van der Waals surface area contributed by atoms with Crippen LogP contribution in [0.2, 0.25) is 0 Å². The van der Waals surface area contributed by atoms with E-state index in [1.165, 1.54) is 30.3 Å². The molecule has 0 aromatic heterocycles. The number of sulfone groups is 1. The van der Waals surface area contributed by atoms with Gasteiger partial charge in [-0.1, -0.05) is 42.5 Å². The van der Waals surface area contributed by atoms with Gasteiger partial charge in [-0.2, -0.15) is 0 Å². The summed E-state index contributed by atoms with van der Waals surface area (Å²) in [6.45, 7) is 0. The number of allylic oxidation sites excluding steroid dienone is 1. The summed E-state index contributed by atoms with van der Waals surface area (Å²) >= 11 is 0. The third-order valence-electron chi connectivity index (χ3n) is 3.77. The summed E-state index contributed by atoms with van der Waals surface area (Å²) in [7, 11) is -3.25. The van der Waals surface area contributed by atoms with E-state index in [1.807, 2.05) is 42.5 Å². The molecular weight excluding hydrogens is 320 g/mol. The molecule has 0 atom stereocenters. The van der Waals surface area contributed by atoms with Gasteiger partial charge in [0.05, 0.1) is 4.90 Å². The molecule has 0 saturated heterocycles. The topological polar surface area (TPSA) is 51.2 Å². The van der Waals surface area contributed by atoms with Crippen LogP contribution in [-0.4, -0.2) is 20.5 Å². The van der Waals surface area contributed by atoms with Gasteiger partial charge in [-0.3, -0.25) is 4.79 Å². The van der Waals surface area contributed by atoms with Crippen LogP contribution >= 0.6 is 0 Å². The average molecular weight is 336 g/mol. The van der Waals surface area contributed by atoms with E-state index in [0.29, 0.717) is 5.56 Å². The lowest BCUT2D eigenvalue weighted by atomic mass is 10.1. The van der Waals surface area contributed by atoms with E-state index in [2.05, 4.69) is 0 Å². The van der Waals surface area contributed by atoms with Crippen LogP contribution in [0.4, 0.5) is 0 Å². The van der Waals surface area contributed by atoms with Crippen molar-refractivity contribution < 1.29 is 13.2 Å². The first kappa shape index (κ1) is 16.1. The third-order valence-corrected chi connectivity index (χ3v) is 4.90. The van der Waals surface area contributed by atoms with Gasteiger partial charge in [-0.05, 0) is 52.7 Å². The summed E-state index contributed by atoms with van der Waals surface area (Å²) < 4.78 is 22.9. The fourth-order valence-corrected chi connectivity index (χ4v) is 3.08. The van der Waals surface area contributed by atoms with Crippen LogP contribution in [0.5, 0.6) is 0 Å². The van der Waals surface area contributed by atoms with Gasteiger partial charge in [-0.25, -0.2) is 8.42 Å². The van der Waals surface area contributed by atoms with Crippen LogP contribution in [0.25, 0.3) is 16.8 Å². The minimum atomic E-state index is -3.25. The Kier molecular flexibility index (Phi) is 4.32. The summed E-state index contributed by atoms with van der Waals surface area (Å²) in [6.07, 6.45) is 4.41. The molecule has 0 aliphatic rings. The molecule has 0 unspecified atom stereocenters. The Balaban J connectivity index is 1.81. The second kappa shape index (κ2) is 6.42. The molecule has 0 saturated carbocycles. The van der Waals surface area contributed by atoms with E-state index < -0.39 is 9.84 Å². The quantitative estimate of drug-likeness (QED) is 0.531. The Labute approximate surface area is 141 Å². The van der Waals surface area contributed by atoms with Crippen LogP contribution in [-0.2, 0) is 9.84 Å². The van der Waals surface area contributed by atoms with Crippen molar-refractivity contribution >= 4 is 32.5 Å². The highest BCUT2D eigenvalue weighted by Gasteiger charge is 2.08. The number of hydrogen-bond donors (Lipinski definition) is 0. The van der Waals surface area contributed by atoms with Crippen molar-refractivity contribution in [2.45, 2.75) is 4.90 Å². The molecule has 3 aromatic carbocycles. The molecule has 0 radical (unpaired) electrons. The van der Waals surface area contributed by atoms with E-state index in [9.17, 15) is 13.2 Å². The van der Waals surface area contributed by atoms with Gasteiger partial charge in [0, 0.05) is 11.8 Å². The summed E-state index contributed by atoms with van der Waals surface area (Å²) in [5, 5.41) is 2.27. The fraction of sp³-hybridized carbons (Fsp3) is 0.0500. The highest BCUT2D eigenvalue weighted by molar-refractivity contribution is 7.90. The smallest absolute Gasteiger partial charge is 0.185 e.